The zero-order valence-electron chi connectivity index (χ0n) is 15.3. The smallest absolute Gasteiger partial charge is 0.303 e. The lowest BCUT2D eigenvalue weighted by Gasteiger charge is -2.35. The molecule has 1 N–H and O–H groups in total. The largest absolute Gasteiger partial charge is 0.496 e. The molecule has 5 nitrogen and oxygen atoms in total. The van der Waals surface area contributed by atoms with Crippen LogP contribution in [0, 0.1) is 0 Å². The van der Waals surface area contributed by atoms with Crippen LogP contribution in [0.15, 0.2) is 18.2 Å². The van der Waals surface area contributed by atoms with Crippen LogP contribution in [-0.2, 0) is 22.4 Å². The van der Waals surface area contributed by atoms with Crippen LogP contribution in [0.3, 0.4) is 0 Å². The number of carbonyl (C=O) groups excluding carboxylic acids is 1. The number of fused-ring (bicyclic) bond motifs is 1. The maximum absolute atomic E-state index is 12.7. The van der Waals surface area contributed by atoms with E-state index in [4.69, 9.17) is 9.84 Å². The van der Waals surface area contributed by atoms with E-state index in [1.807, 2.05) is 17.0 Å². The van der Waals surface area contributed by atoms with Crippen LogP contribution in [0.5, 0.6) is 5.75 Å². The van der Waals surface area contributed by atoms with Gasteiger partial charge < -0.3 is 14.7 Å². The van der Waals surface area contributed by atoms with Crippen molar-refractivity contribution in [1.29, 1.82) is 0 Å². The lowest BCUT2D eigenvalue weighted by molar-refractivity contribution is -0.138. The fourth-order valence-corrected chi connectivity index (χ4v) is 3.66. The standard InChI is InChI=1S/C20H29NO4/c1-3-13-21(19(22)9-4-5-10-20(23)24)16-11-12-17-15(14-16)7-6-8-18(17)25-2/h6-8,16H,3-5,9-14H2,1-2H3,(H,23,24)/t16-/m0/s1. The molecule has 1 aliphatic carbocycles. The van der Waals surface area contributed by atoms with Crippen molar-refractivity contribution in [3.8, 4) is 5.75 Å². The molecule has 0 unspecified atom stereocenters. The number of carbonyl (C=O) groups is 2. The van der Waals surface area contributed by atoms with E-state index in [1.54, 1.807) is 7.11 Å². The Hall–Kier alpha value is -2.04. The first-order valence-electron chi connectivity index (χ1n) is 9.22. The second-order valence-corrected chi connectivity index (χ2v) is 6.68. The summed E-state index contributed by atoms with van der Waals surface area (Å²) in [5.74, 6) is 0.303. The van der Waals surface area contributed by atoms with Gasteiger partial charge in [0.1, 0.15) is 5.75 Å². The molecule has 1 amide bonds. The number of hydrogen-bond donors (Lipinski definition) is 1. The summed E-state index contributed by atoms with van der Waals surface area (Å²) < 4.78 is 5.46. The fraction of sp³-hybridized carbons (Fsp3) is 0.600. The van der Waals surface area contributed by atoms with Crippen LogP contribution in [-0.4, -0.2) is 41.6 Å². The molecule has 5 heteroatoms. The maximum atomic E-state index is 12.7. The van der Waals surface area contributed by atoms with Gasteiger partial charge in [-0.25, -0.2) is 0 Å². The third kappa shape index (κ3) is 5.21. The second-order valence-electron chi connectivity index (χ2n) is 6.68. The Balaban J connectivity index is 2.00. The Kier molecular flexibility index (Phi) is 7.29. The van der Waals surface area contributed by atoms with Gasteiger partial charge in [0.25, 0.3) is 0 Å². The van der Waals surface area contributed by atoms with E-state index in [2.05, 4.69) is 13.0 Å². The van der Waals surface area contributed by atoms with Gasteiger partial charge in [-0.1, -0.05) is 19.1 Å². The van der Waals surface area contributed by atoms with E-state index in [0.29, 0.717) is 19.3 Å². The molecule has 0 aromatic heterocycles. The van der Waals surface area contributed by atoms with Gasteiger partial charge in [-0.05, 0) is 55.7 Å². The van der Waals surface area contributed by atoms with Crippen LogP contribution in [0.25, 0.3) is 0 Å². The van der Waals surface area contributed by atoms with E-state index in [9.17, 15) is 9.59 Å². The van der Waals surface area contributed by atoms with Crippen LogP contribution < -0.4 is 4.74 Å². The fourth-order valence-electron chi connectivity index (χ4n) is 3.66. The van der Waals surface area contributed by atoms with Crippen molar-refractivity contribution in [3.05, 3.63) is 29.3 Å². The van der Waals surface area contributed by atoms with Gasteiger partial charge in [-0.2, -0.15) is 0 Å². The van der Waals surface area contributed by atoms with E-state index < -0.39 is 5.97 Å². The number of rotatable bonds is 9. The summed E-state index contributed by atoms with van der Waals surface area (Å²) in [7, 11) is 1.70. The minimum atomic E-state index is -0.796. The van der Waals surface area contributed by atoms with E-state index in [0.717, 1.165) is 38.0 Å². The normalized spacial score (nSPS) is 16.2. The van der Waals surface area contributed by atoms with Gasteiger partial charge in [0, 0.05) is 25.4 Å². The van der Waals surface area contributed by atoms with Gasteiger partial charge in [0.2, 0.25) is 5.91 Å². The zero-order chi connectivity index (χ0) is 18.2. The third-order valence-electron chi connectivity index (χ3n) is 4.89. The topological polar surface area (TPSA) is 66.8 Å². The van der Waals surface area contributed by atoms with Gasteiger partial charge in [0.15, 0.2) is 0 Å². The maximum Gasteiger partial charge on any atom is 0.303 e. The number of carboxylic acids is 1. The van der Waals surface area contributed by atoms with E-state index >= 15 is 0 Å². The average Bonchev–Trinajstić information content (AvgIpc) is 2.61. The first-order valence-corrected chi connectivity index (χ1v) is 9.22. The summed E-state index contributed by atoms with van der Waals surface area (Å²) in [6.07, 6.45) is 5.46. The SMILES string of the molecule is CCCN(C(=O)CCCCC(=O)O)[C@H]1CCc2c(cccc2OC)C1. The number of methoxy groups -OCH3 is 1. The van der Waals surface area contributed by atoms with E-state index in [1.165, 1.54) is 11.1 Å². The molecule has 1 atom stereocenters. The molecule has 138 valence electrons. The Morgan fingerprint density at radius 3 is 2.72 bits per heavy atom. The van der Waals surface area contributed by atoms with Gasteiger partial charge in [-0.3, -0.25) is 9.59 Å². The highest BCUT2D eigenvalue weighted by molar-refractivity contribution is 5.76. The zero-order valence-corrected chi connectivity index (χ0v) is 15.3. The van der Waals surface area contributed by atoms with Crippen molar-refractivity contribution in [2.75, 3.05) is 13.7 Å². The number of amides is 1. The van der Waals surface area contributed by atoms with Gasteiger partial charge >= 0.3 is 5.97 Å². The highest BCUT2D eigenvalue weighted by atomic mass is 16.5. The van der Waals surface area contributed by atoms with Crippen molar-refractivity contribution < 1.29 is 19.4 Å². The predicted octanol–water partition coefficient (Wildman–Crippen LogP) is 3.44. The number of hydrogen-bond acceptors (Lipinski definition) is 3. The molecule has 1 aliphatic rings. The number of nitrogens with zero attached hydrogens (tertiary/aromatic N) is 1. The monoisotopic (exact) mass is 347 g/mol. The molecular formula is C20H29NO4. The molecule has 0 fully saturated rings. The quantitative estimate of drug-likeness (QED) is 0.695. The minimum Gasteiger partial charge on any atom is -0.496 e. The molecule has 25 heavy (non-hydrogen) atoms. The summed E-state index contributed by atoms with van der Waals surface area (Å²) in [6.45, 7) is 2.85. The highest BCUT2D eigenvalue weighted by Gasteiger charge is 2.28. The molecule has 1 aromatic carbocycles. The minimum absolute atomic E-state index is 0.137. The van der Waals surface area contributed by atoms with Crippen molar-refractivity contribution in [3.63, 3.8) is 0 Å². The summed E-state index contributed by atoms with van der Waals surface area (Å²) in [5.41, 5.74) is 2.54. The Labute approximate surface area is 150 Å². The molecule has 0 bridgehead atoms. The molecule has 0 spiro atoms. The summed E-state index contributed by atoms with van der Waals surface area (Å²) >= 11 is 0. The van der Waals surface area contributed by atoms with Crippen molar-refractivity contribution in [1.82, 2.24) is 4.90 Å². The Morgan fingerprint density at radius 2 is 2.04 bits per heavy atom. The number of aliphatic carboxylic acids is 1. The van der Waals surface area contributed by atoms with Crippen LogP contribution in [0.2, 0.25) is 0 Å². The molecule has 0 saturated carbocycles. The van der Waals surface area contributed by atoms with Gasteiger partial charge in [-0.15, -0.1) is 0 Å². The predicted molar refractivity (Wildman–Crippen MR) is 96.9 cm³/mol. The molecule has 0 radical (unpaired) electrons. The van der Waals surface area contributed by atoms with Crippen molar-refractivity contribution in [2.24, 2.45) is 0 Å². The molecule has 2 rings (SSSR count). The Bertz CT molecular complexity index is 599. The van der Waals surface area contributed by atoms with Crippen LogP contribution in [0.4, 0.5) is 0 Å². The average molecular weight is 347 g/mol. The highest BCUT2D eigenvalue weighted by Crippen LogP contribution is 2.31. The number of carboxylic acid groups (broad SMARTS) is 1. The lowest BCUT2D eigenvalue weighted by Crippen LogP contribution is -2.43. The molecule has 1 aromatic rings. The Morgan fingerprint density at radius 1 is 1.28 bits per heavy atom. The first kappa shape index (κ1) is 19.3. The molecule has 0 saturated heterocycles. The molecule has 0 heterocycles. The number of ether oxygens (including phenoxy) is 1. The number of unbranched alkanes of at least 4 members (excludes halogenated alkanes) is 1. The summed E-state index contributed by atoms with van der Waals surface area (Å²) in [5, 5.41) is 8.71. The van der Waals surface area contributed by atoms with Crippen LogP contribution in [0.1, 0.15) is 56.6 Å². The van der Waals surface area contributed by atoms with Crippen LogP contribution >= 0.6 is 0 Å². The summed E-state index contributed by atoms with van der Waals surface area (Å²) in [6, 6.07) is 6.37. The lowest BCUT2D eigenvalue weighted by atomic mass is 9.86. The van der Waals surface area contributed by atoms with Crippen molar-refractivity contribution >= 4 is 11.9 Å². The second kappa shape index (κ2) is 9.44. The van der Waals surface area contributed by atoms with E-state index in [-0.39, 0.29) is 18.4 Å². The number of benzene rings is 1. The third-order valence-corrected chi connectivity index (χ3v) is 4.89. The summed E-state index contributed by atoms with van der Waals surface area (Å²) in [4.78, 5) is 25.3. The van der Waals surface area contributed by atoms with Crippen molar-refractivity contribution in [2.45, 2.75) is 64.3 Å². The van der Waals surface area contributed by atoms with Gasteiger partial charge in [0.05, 0.1) is 7.11 Å². The first-order chi connectivity index (χ1) is 12.1. The molecular weight excluding hydrogens is 318 g/mol. The molecule has 0 aliphatic heterocycles.